The van der Waals surface area contributed by atoms with Crippen molar-refractivity contribution in [2.45, 2.75) is 78.2 Å². The predicted octanol–water partition coefficient (Wildman–Crippen LogP) is 2.47. The molecule has 0 saturated heterocycles. The number of amides is 2. The molecule has 140 valence electrons. The average Bonchev–Trinajstić information content (AvgIpc) is 2.38. The largest absolute Gasteiger partial charge is 0.467 e. The van der Waals surface area contributed by atoms with Crippen molar-refractivity contribution in [3.63, 3.8) is 0 Å². The van der Waals surface area contributed by atoms with Gasteiger partial charge in [-0.25, -0.2) is 14.4 Å². The van der Waals surface area contributed by atoms with E-state index in [4.69, 9.17) is 9.47 Å². The van der Waals surface area contributed by atoms with Crippen LogP contribution in [0.2, 0.25) is 0 Å². The Labute approximate surface area is 143 Å². The number of rotatable bonds is 4. The number of aliphatic hydroxyl groups excluding tert-OH is 1. The van der Waals surface area contributed by atoms with Gasteiger partial charge in [0, 0.05) is 0 Å². The lowest BCUT2D eigenvalue weighted by molar-refractivity contribution is -0.151. The van der Waals surface area contributed by atoms with Gasteiger partial charge in [-0.3, -0.25) is 0 Å². The number of esters is 1. The van der Waals surface area contributed by atoms with Crippen molar-refractivity contribution in [3.05, 3.63) is 0 Å². The molecule has 0 unspecified atom stereocenters. The molecule has 2 amide bonds. The topological polar surface area (TPSA) is 102 Å². The highest BCUT2D eigenvalue weighted by atomic mass is 16.6. The van der Waals surface area contributed by atoms with E-state index in [1.807, 2.05) is 0 Å². The maximum atomic E-state index is 12.5. The summed E-state index contributed by atoms with van der Waals surface area (Å²) in [6.07, 6.45) is -3.40. The van der Waals surface area contributed by atoms with Crippen molar-refractivity contribution in [1.82, 2.24) is 4.90 Å². The van der Waals surface area contributed by atoms with Crippen molar-refractivity contribution in [2.75, 3.05) is 7.11 Å². The van der Waals surface area contributed by atoms with Crippen LogP contribution in [-0.4, -0.2) is 58.6 Å². The zero-order valence-electron chi connectivity index (χ0n) is 15.7. The Morgan fingerprint density at radius 3 is 1.58 bits per heavy atom. The van der Waals surface area contributed by atoms with Gasteiger partial charge in [0.1, 0.15) is 11.2 Å². The van der Waals surface area contributed by atoms with Crippen LogP contribution in [0, 0.1) is 0 Å². The maximum Gasteiger partial charge on any atom is 0.420 e. The summed E-state index contributed by atoms with van der Waals surface area (Å²) < 4.78 is 15.0. The molecule has 0 aromatic rings. The quantitative estimate of drug-likeness (QED) is 0.615. The van der Waals surface area contributed by atoms with Crippen molar-refractivity contribution >= 4 is 18.2 Å². The first-order chi connectivity index (χ1) is 10.7. The Bertz CT molecular complexity index is 434. The second kappa shape index (κ2) is 8.32. The van der Waals surface area contributed by atoms with Crippen LogP contribution in [0.4, 0.5) is 9.59 Å². The standard InChI is InChI=1S/C16H29NO7/c1-9-10(18)11(12(19)22-8)17(13(20)23-15(2,3)4)14(21)24-16(5,6)7/h10-11,18H,9H2,1-8H3/t10-,11+/m0/s1. The van der Waals surface area contributed by atoms with E-state index in [9.17, 15) is 19.5 Å². The molecule has 24 heavy (non-hydrogen) atoms. The van der Waals surface area contributed by atoms with Gasteiger partial charge in [0.05, 0.1) is 13.2 Å². The third-order valence-electron chi connectivity index (χ3n) is 2.68. The summed E-state index contributed by atoms with van der Waals surface area (Å²) >= 11 is 0. The van der Waals surface area contributed by atoms with Gasteiger partial charge in [-0.15, -0.1) is 0 Å². The van der Waals surface area contributed by atoms with Gasteiger partial charge in [-0.05, 0) is 48.0 Å². The fourth-order valence-electron chi connectivity index (χ4n) is 1.70. The minimum Gasteiger partial charge on any atom is -0.467 e. The molecule has 0 fully saturated rings. The van der Waals surface area contributed by atoms with E-state index in [1.54, 1.807) is 48.5 Å². The molecule has 8 heteroatoms. The zero-order chi connectivity index (χ0) is 19.3. The Morgan fingerprint density at radius 1 is 0.958 bits per heavy atom. The van der Waals surface area contributed by atoms with Gasteiger partial charge in [-0.2, -0.15) is 4.90 Å². The summed E-state index contributed by atoms with van der Waals surface area (Å²) in [5.41, 5.74) is -1.82. The summed E-state index contributed by atoms with van der Waals surface area (Å²) in [5, 5.41) is 10.1. The third kappa shape index (κ3) is 7.16. The first kappa shape index (κ1) is 22.2. The Balaban J connectivity index is 5.84. The number of carbonyl (C=O) groups excluding carboxylic acids is 3. The lowest BCUT2D eigenvalue weighted by atomic mass is 10.1. The molecule has 2 atom stereocenters. The Hall–Kier alpha value is -1.83. The van der Waals surface area contributed by atoms with Crippen LogP contribution in [0.5, 0.6) is 0 Å². The number of ether oxygens (including phenoxy) is 3. The monoisotopic (exact) mass is 347 g/mol. The van der Waals surface area contributed by atoms with Crippen LogP contribution in [0.15, 0.2) is 0 Å². The van der Waals surface area contributed by atoms with E-state index >= 15 is 0 Å². The lowest BCUT2D eigenvalue weighted by Gasteiger charge is -2.33. The molecular formula is C16H29NO7. The second-order valence-electron chi connectivity index (χ2n) is 7.27. The number of carbonyl (C=O) groups is 3. The predicted molar refractivity (Wildman–Crippen MR) is 86.4 cm³/mol. The highest BCUT2D eigenvalue weighted by Crippen LogP contribution is 2.20. The molecule has 0 aliphatic carbocycles. The normalized spacial score (nSPS) is 14.4. The summed E-state index contributed by atoms with van der Waals surface area (Å²) in [6.45, 7) is 11.3. The van der Waals surface area contributed by atoms with Crippen molar-refractivity contribution in [2.24, 2.45) is 0 Å². The van der Waals surface area contributed by atoms with Gasteiger partial charge in [0.15, 0.2) is 6.04 Å². The van der Waals surface area contributed by atoms with Crippen LogP contribution >= 0.6 is 0 Å². The van der Waals surface area contributed by atoms with Crippen LogP contribution in [-0.2, 0) is 19.0 Å². The number of nitrogens with zero attached hydrogens (tertiary/aromatic N) is 1. The number of imide groups is 1. The van der Waals surface area contributed by atoms with Gasteiger partial charge >= 0.3 is 18.2 Å². The average molecular weight is 347 g/mol. The number of methoxy groups -OCH3 is 1. The maximum absolute atomic E-state index is 12.5. The van der Waals surface area contributed by atoms with E-state index in [-0.39, 0.29) is 6.42 Å². The Kier molecular flexibility index (Phi) is 7.69. The molecule has 0 aromatic carbocycles. The SMILES string of the molecule is CC[C@H](O)[C@H](C(=O)OC)N(C(=O)OC(C)(C)C)C(=O)OC(C)(C)C. The first-order valence-corrected chi connectivity index (χ1v) is 7.74. The molecule has 0 bridgehead atoms. The molecule has 0 aliphatic rings. The summed E-state index contributed by atoms with van der Waals surface area (Å²) in [6, 6.07) is -1.57. The highest BCUT2D eigenvalue weighted by Gasteiger charge is 2.44. The van der Waals surface area contributed by atoms with E-state index < -0.39 is 41.5 Å². The van der Waals surface area contributed by atoms with Crippen LogP contribution in [0.3, 0.4) is 0 Å². The van der Waals surface area contributed by atoms with Crippen molar-refractivity contribution in [1.29, 1.82) is 0 Å². The van der Waals surface area contributed by atoms with Crippen LogP contribution in [0.1, 0.15) is 54.9 Å². The van der Waals surface area contributed by atoms with Gasteiger partial charge in [0.2, 0.25) is 0 Å². The molecule has 1 N–H and O–H groups in total. The van der Waals surface area contributed by atoms with Crippen molar-refractivity contribution in [3.8, 4) is 0 Å². The summed E-state index contributed by atoms with van der Waals surface area (Å²) in [5.74, 6) is -0.943. The van der Waals surface area contributed by atoms with E-state index in [0.29, 0.717) is 4.90 Å². The number of aliphatic hydroxyl groups is 1. The molecule has 0 saturated carbocycles. The van der Waals surface area contributed by atoms with Crippen molar-refractivity contribution < 1.29 is 33.7 Å². The lowest BCUT2D eigenvalue weighted by Crippen LogP contribution is -2.56. The van der Waals surface area contributed by atoms with Gasteiger partial charge in [-0.1, -0.05) is 6.92 Å². The second-order valence-corrected chi connectivity index (χ2v) is 7.27. The van der Waals surface area contributed by atoms with Gasteiger partial charge in [0.25, 0.3) is 0 Å². The molecule has 0 spiro atoms. The molecule has 0 aromatic heterocycles. The smallest absolute Gasteiger partial charge is 0.420 e. The molecule has 8 nitrogen and oxygen atoms in total. The Morgan fingerprint density at radius 2 is 1.33 bits per heavy atom. The zero-order valence-corrected chi connectivity index (χ0v) is 15.7. The highest BCUT2D eigenvalue weighted by molar-refractivity contribution is 5.94. The van der Waals surface area contributed by atoms with E-state index in [1.165, 1.54) is 0 Å². The van der Waals surface area contributed by atoms with Crippen LogP contribution in [0.25, 0.3) is 0 Å². The number of hydrogen-bond donors (Lipinski definition) is 1. The van der Waals surface area contributed by atoms with E-state index in [2.05, 4.69) is 4.74 Å². The summed E-state index contributed by atoms with van der Waals surface area (Å²) in [4.78, 5) is 37.4. The first-order valence-electron chi connectivity index (χ1n) is 7.74. The van der Waals surface area contributed by atoms with E-state index in [0.717, 1.165) is 7.11 Å². The summed E-state index contributed by atoms with van der Waals surface area (Å²) in [7, 11) is 1.10. The third-order valence-corrected chi connectivity index (χ3v) is 2.68. The van der Waals surface area contributed by atoms with Gasteiger partial charge < -0.3 is 19.3 Å². The van der Waals surface area contributed by atoms with Crippen LogP contribution < -0.4 is 0 Å². The fourth-order valence-corrected chi connectivity index (χ4v) is 1.70. The molecular weight excluding hydrogens is 318 g/mol. The molecule has 0 rings (SSSR count). The fraction of sp³-hybridized carbons (Fsp3) is 0.812. The minimum atomic E-state index is -1.57. The molecule has 0 heterocycles. The number of hydrogen-bond acceptors (Lipinski definition) is 7. The molecule has 0 radical (unpaired) electrons. The minimum absolute atomic E-state index is 0.113. The molecule has 0 aliphatic heterocycles.